The molecule has 2 aromatic carbocycles. The van der Waals surface area contributed by atoms with Crippen LogP contribution >= 0.6 is 11.6 Å². The van der Waals surface area contributed by atoms with Gasteiger partial charge < -0.3 is 20.1 Å². The molecule has 0 aliphatic carbocycles. The number of anilines is 4. The zero-order valence-electron chi connectivity index (χ0n) is 15.6. The molecular formula is C20H21ClN4O2. The first kappa shape index (κ1) is 18.8. The molecule has 0 fully saturated rings. The summed E-state index contributed by atoms with van der Waals surface area (Å²) in [5, 5.41) is 6.98. The minimum absolute atomic E-state index is 0.425. The van der Waals surface area contributed by atoms with E-state index in [1.54, 1.807) is 32.5 Å². The second-order valence-corrected chi connectivity index (χ2v) is 6.38. The monoisotopic (exact) mass is 384 g/mol. The Bertz CT molecular complexity index is 942. The number of methoxy groups -OCH3 is 2. The first-order valence-electron chi connectivity index (χ1n) is 8.36. The molecule has 140 valence electrons. The lowest BCUT2D eigenvalue weighted by atomic mass is 10.1. The molecule has 0 aliphatic rings. The Morgan fingerprint density at radius 3 is 2.30 bits per heavy atom. The predicted molar refractivity (Wildman–Crippen MR) is 109 cm³/mol. The maximum absolute atomic E-state index is 6.15. The van der Waals surface area contributed by atoms with Gasteiger partial charge in [0.05, 0.1) is 24.9 Å². The number of hydrogen-bond donors (Lipinski definition) is 2. The van der Waals surface area contributed by atoms with Crippen molar-refractivity contribution in [2.45, 2.75) is 13.8 Å². The summed E-state index contributed by atoms with van der Waals surface area (Å²) in [6, 6.07) is 11.4. The fraction of sp³-hybridized carbons (Fsp3) is 0.200. The highest BCUT2D eigenvalue weighted by Crippen LogP contribution is 2.37. The van der Waals surface area contributed by atoms with E-state index in [4.69, 9.17) is 21.1 Å². The zero-order chi connectivity index (χ0) is 19.4. The van der Waals surface area contributed by atoms with E-state index in [9.17, 15) is 0 Å². The lowest BCUT2D eigenvalue weighted by molar-refractivity contribution is 0.405. The number of nitrogens with one attached hydrogen (secondary N) is 2. The Kier molecular flexibility index (Phi) is 5.66. The van der Waals surface area contributed by atoms with Gasteiger partial charge in [0.25, 0.3) is 0 Å². The van der Waals surface area contributed by atoms with Crippen molar-refractivity contribution in [2.75, 3.05) is 24.9 Å². The van der Waals surface area contributed by atoms with Crippen LogP contribution in [0.15, 0.2) is 42.6 Å². The van der Waals surface area contributed by atoms with E-state index in [2.05, 4.69) is 46.6 Å². The van der Waals surface area contributed by atoms with Gasteiger partial charge in [-0.05, 0) is 31.0 Å². The second-order valence-electron chi connectivity index (χ2n) is 5.97. The van der Waals surface area contributed by atoms with Crippen molar-refractivity contribution < 1.29 is 9.47 Å². The molecule has 0 saturated carbocycles. The number of aromatic nitrogens is 2. The minimum atomic E-state index is 0.425. The predicted octanol–water partition coefficient (Wildman–Crippen LogP) is 5.25. The number of benzene rings is 2. The van der Waals surface area contributed by atoms with E-state index in [0.717, 1.165) is 16.8 Å². The third kappa shape index (κ3) is 4.23. The van der Waals surface area contributed by atoms with Crippen LogP contribution in [0.2, 0.25) is 5.02 Å². The van der Waals surface area contributed by atoms with Gasteiger partial charge >= 0.3 is 0 Å². The molecule has 0 atom stereocenters. The third-order valence-electron chi connectivity index (χ3n) is 4.11. The van der Waals surface area contributed by atoms with Gasteiger partial charge in [-0.2, -0.15) is 4.98 Å². The van der Waals surface area contributed by atoms with Crippen LogP contribution in [0.3, 0.4) is 0 Å². The molecule has 2 N–H and O–H groups in total. The lowest BCUT2D eigenvalue weighted by Crippen LogP contribution is -2.03. The van der Waals surface area contributed by atoms with Crippen LogP contribution in [0.25, 0.3) is 0 Å². The van der Waals surface area contributed by atoms with Gasteiger partial charge in [0.1, 0.15) is 17.3 Å². The van der Waals surface area contributed by atoms with Gasteiger partial charge in [-0.25, -0.2) is 4.98 Å². The maximum Gasteiger partial charge on any atom is 0.229 e. The van der Waals surface area contributed by atoms with Gasteiger partial charge in [-0.3, -0.25) is 0 Å². The molecular weight excluding hydrogens is 364 g/mol. The van der Waals surface area contributed by atoms with Crippen molar-refractivity contribution in [3.05, 3.63) is 58.7 Å². The molecule has 7 heteroatoms. The average Bonchev–Trinajstić information content (AvgIpc) is 2.66. The Hall–Kier alpha value is -2.99. The highest BCUT2D eigenvalue weighted by atomic mass is 35.5. The van der Waals surface area contributed by atoms with Crippen molar-refractivity contribution in [2.24, 2.45) is 0 Å². The molecule has 27 heavy (non-hydrogen) atoms. The summed E-state index contributed by atoms with van der Waals surface area (Å²) in [4.78, 5) is 8.82. The van der Waals surface area contributed by atoms with Crippen LogP contribution in [-0.2, 0) is 0 Å². The number of ether oxygens (including phenoxy) is 2. The number of aryl methyl sites for hydroxylation is 2. The van der Waals surface area contributed by atoms with Crippen molar-refractivity contribution in [3.8, 4) is 11.5 Å². The normalized spacial score (nSPS) is 10.4. The largest absolute Gasteiger partial charge is 0.495 e. The van der Waals surface area contributed by atoms with E-state index < -0.39 is 0 Å². The van der Waals surface area contributed by atoms with Crippen LogP contribution in [0, 0.1) is 13.8 Å². The molecule has 0 bridgehead atoms. The van der Waals surface area contributed by atoms with E-state index in [1.165, 1.54) is 0 Å². The van der Waals surface area contributed by atoms with Crippen molar-refractivity contribution in [1.82, 2.24) is 9.97 Å². The van der Waals surface area contributed by atoms with E-state index in [0.29, 0.717) is 34.0 Å². The summed E-state index contributed by atoms with van der Waals surface area (Å²) in [5.74, 6) is 2.21. The molecule has 3 aromatic rings. The van der Waals surface area contributed by atoms with Gasteiger partial charge in [-0.1, -0.05) is 29.8 Å². The minimum Gasteiger partial charge on any atom is -0.495 e. The van der Waals surface area contributed by atoms with E-state index in [1.807, 2.05) is 12.1 Å². The van der Waals surface area contributed by atoms with Gasteiger partial charge in [0.15, 0.2) is 0 Å². The fourth-order valence-electron chi connectivity index (χ4n) is 2.71. The maximum atomic E-state index is 6.15. The van der Waals surface area contributed by atoms with Crippen molar-refractivity contribution >= 4 is 34.7 Å². The summed E-state index contributed by atoms with van der Waals surface area (Å²) in [5.41, 5.74) is 3.98. The Labute approximate surface area is 163 Å². The molecule has 0 amide bonds. The highest BCUT2D eigenvalue weighted by molar-refractivity contribution is 6.32. The second kappa shape index (κ2) is 8.14. The topological polar surface area (TPSA) is 68.3 Å². The number of nitrogens with zero attached hydrogens (tertiary/aromatic N) is 2. The molecule has 0 unspecified atom stereocenters. The number of hydrogen-bond acceptors (Lipinski definition) is 6. The number of para-hydroxylation sites is 1. The lowest BCUT2D eigenvalue weighted by Gasteiger charge is -2.15. The van der Waals surface area contributed by atoms with Gasteiger partial charge in [0, 0.05) is 24.0 Å². The molecule has 1 heterocycles. The number of halogens is 1. The van der Waals surface area contributed by atoms with Crippen molar-refractivity contribution in [3.63, 3.8) is 0 Å². The Morgan fingerprint density at radius 2 is 1.63 bits per heavy atom. The van der Waals surface area contributed by atoms with E-state index in [-0.39, 0.29) is 0 Å². The number of rotatable bonds is 6. The van der Waals surface area contributed by atoms with Crippen LogP contribution < -0.4 is 20.1 Å². The molecule has 3 rings (SSSR count). The van der Waals surface area contributed by atoms with Crippen LogP contribution in [0.5, 0.6) is 11.5 Å². The summed E-state index contributed by atoms with van der Waals surface area (Å²) < 4.78 is 10.7. The smallest absolute Gasteiger partial charge is 0.229 e. The van der Waals surface area contributed by atoms with E-state index >= 15 is 0 Å². The highest BCUT2D eigenvalue weighted by Gasteiger charge is 2.12. The molecule has 0 saturated heterocycles. The zero-order valence-corrected chi connectivity index (χ0v) is 16.4. The summed E-state index contributed by atoms with van der Waals surface area (Å²) in [6.45, 7) is 4.11. The summed E-state index contributed by atoms with van der Waals surface area (Å²) in [6.07, 6.45) is 1.69. The van der Waals surface area contributed by atoms with Crippen LogP contribution in [0.1, 0.15) is 11.1 Å². The standard InChI is InChI=1S/C20H21ClN4O2/c1-12-6-5-7-13(2)19(12)24-18-8-9-22-20(25-18)23-15-11-16(26-3)14(21)10-17(15)27-4/h5-11H,1-4H3,(H2,22,23,24,25). The molecule has 6 nitrogen and oxygen atoms in total. The van der Waals surface area contributed by atoms with Crippen LogP contribution in [0.4, 0.5) is 23.1 Å². The van der Waals surface area contributed by atoms with Crippen molar-refractivity contribution in [1.29, 1.82) is 0 Å². The SMILES string of the molecule is COc1cc(Nc2nccc(Nc3c(C)cccc3C)n2)c(OC)cc1Cl. The molecule has 0 aliphatic heterocycles. The summed E-state index contributed by atoms with van der Waals surface area (Å²) >= 11 is 6.15. The van der Waals surface area contributed by atoms with Gasteiger partial charge in [-0.15, -0.1) is 0 Å². The Balaban J connectivity index is 1.89. The molecule has 1 aromatic heterocycles. The van der Waals surface area contributed by atoms with Gasteiger partial charge in [0.2, 0.25) is 5.95 Å². The fourth-order valence-corrected chi connectivity index (χ4v) is 2.94. The first-order valence-corrected chi connectivity index (χ1v) is 8.74. The molecule has 0 radical (unpaired) electrons. The van der Waals surface area contributed by atoms with Crippen LogP contribution in [-0.4, -0.2) is 24.2 Å². The quantitative estimate of drug-likeness (QED) is 0.604. The first-order chi connectivity index (χ1) is 13.0. The third-order valence-corrected chi connectivity index (χ3v) is 4.41. The summed E-state index contributed by atoms with van der Waals surface area (Å²) in [7, 11) is 3.13. The Morgan fingerprint density at radius 1 is 0.926 bits per heavy atom. The molecule has 0 spiro atoms. The average molecular weight is 385 g/mol.